The fraction of sp³-hybridized carbons (Fsp3) is 0.600. The molecule has 53 valence electrons. The fourth-order valence-electron chi connectivity index (χ4n) is 0.622. The van der Waals surface area contributed by atoms with Crippen molar-refractivity contribution >= 4 is 10.6 Å². The first kappa shape index (κ1) is 6.92. The van der Waals surface area contributed by atoms with E-state index in [4.69, 9.17) is 13.8 Å². The Kier molecular flexibility index (Phi) is 1.70. The Hall–Kier alpha value is -0.190. The topological polar surface area (TPSA) is 49.7 Å². The van der Waals surface area contributed by atoms with Gasteiger partial charge in [0.25, 0.3) is 0 Å². The van der Waals surface area contributed by atoms with Crippen molar-refractivity contribution in [1.82, 2.24) is 0 Å². The van der Waals surface area contributed by atoms with Gasteiger partial charge in [0.1, 0.15) is 17.8 Å². The number of ether oxygens (including phenoxy) is 1. The van der Waals surface area contributed by atoms with E-state index >= 15 is 0 Å². The maximum absolute atomic E-state index is 8.97. The van der Waals surface area contributed by atoms with E-state index in [-0.39, 0.29) is 5.75 Å². The molecule has 0 aromatic rings. The summed E-state index contributed by atoms with van der Waals surface area (Å²) in [5, 5.41) is 2.44. The largest absolute Gasteiger partial charge is 0.495 e. The third-order valence-electron chi connectivity index (χ3n) is 0.994. The van der Waals surface area contributed by atoms with E-state index in [0.717, 1.165) is 0 Å². The molecule has 4 heteroatoms. The van der Waals surface area contributed by atoms with Crippen LogP contribution in [-0.4, -0.2) is 21.5 Å². The molecule has 0 atom stereocenters. The first-order chi connectivity index (χ1) is 4.10. The predicted molar refractivity (Wildman–Crippen MR) is 36.1 cm³/mol. The lowest BCUT2D eigenvalue weighted by molar-refractivity contribution is 0.223. The summed E-state index contributed by atoms with van der Waals surface area (Å²) in [5.74, 6) is 0.769. The lowest BCUT2D eigenvalue weighted by Crippen LogP contribution is -2.12. The zero-order valence-corrected chi connectivity index (χ0v) is 5.94. The van der Waals surface area contributed by atoms with E-state index in [1.165, 1.54) is 0 Å². The molecule has 2 N–H and O–H groups in total. The van der Waals surface area contributed by atoms with Gasteiger partial charge in [-0.05, 0) is 6.92 Å². The Morgan fingerprint density at radius 1 is 1.67 bits per heavy atom. The van der Waals surface area contributed by atoms with Crippen LogP contribution in [0.1, 0.15) is 6.92 Å². The summed E-state index contributed by atoms with van der Waals surface area (Å²) in [6.45, 7) is 2.05. The van der Waals surface area contributed by atoms with E-state index in [0.29, 0.717) is 12.4 Å². The van der Waals surface area contributed by atoms with Crippen LogP contribution in [0, 0.1) is 5.41 Å². The standard InChI is InChI=1S/C5H9O3S/c1-5-4-9(6,7)3-2-8-5/h6-7H,2-3H2,1H3. The first-order valence-corrected chi connectivity index (χ1v) is 4.32. The van der Waals surface area contributed by atoms with Crippen LogP contribution >= 0.6 is 10.6 Å². The van der Waals surface area contributed by atoms with Gasteiger partial charge in [0.2, 0.25) is 0 Å². The number of hydrogen-bond donors (Lipinski definition) is 2. The van der Waals surface area contributed by atoms with Crippen molar-refractivity contribution in [2.75, 3.05) is 12.4 Å². The van der Waals surface area contributed by atoms with Gasteiger partial charge in [-0.15, -0.1) is 0 Å². The molecule has 0 saturated carbocycles. The molecule has 0 aromatic heterocycles. The van der Waals surface area contributed by atoms with Crippen LogP contribution in [0.2, 0.25) is 0 Å². The Labute approximate surface area is 55.7 Å². The van der Waals surface area contributed by atoms with E-state index in [9.17, 15) is 0 Å². The van der Waals surface area contributed by atoms with Crippen LogP contribution in [0.4, 0.5) is 0 Å². The van der Waals surface area contributed by atoms with Gasteiger partial charge in [-0.2, -0.15) is 10.6 Å². The van der Waals surface area contributed by atoms with Crippen molar-refractivity contribution in [3.63, 3.8) is 0 Å². The Balaban J connectivity index is 2.68. The van der Waals surface area contributed by atoms with Gasteiger partial charge in [0, 0.05) is 0 Å². The highest BCUT2D eigenvalue weighted by molar-refractivity contribution is 8.25. The molecule has 3 nitrogen and oxygen atoms in total. The minimum absolute atomic E-state index is 0.282. The highest BCUT2D eigenvalue weighted by Gasteiger charge is 2.15. The van der Waals surface area contributed by atoms with Crippen LogP contribution in [-0.2, 0) is 4.74 Å². The zero-order chi connectivity index (χ0) is 6.91. The fourth-order valence-corrected chi connectivity index (χ4v) is 1.56. The van der Waals surface area contributed by atoms with Gasteiger partial charge in [0.15, 0.2) is 0 Å². The molecule has 0 spiro atoms. The molecule has 0 amide bonds. The summed E-state index contributed by atoms with van der Waals surface area (Å²) < 4.78 is 22.9. The molecule has 1 aliphatic rings. The van der Waals surface area contributed by atoms with Gasteiger partial charge in [0.05, 0.1) is 5.75 Å². The maximum atomic E-state index is 8.97. The molecular formula is C5H9O3S. The smallest absolute Gasteiger partial charge is 0.122 e. The molecule has 0 fully saturated rings. The average molecular weight is 149 g/mol. The minimum atomic E-state index is -2.54. The summed E-state index contributed by atoms with van der Waals surface area (Å²) in [6.07, 6.45) is 0. The molecule has 0 saturated heterocycles. The minimum Gasteiger partial charge on any atom is -0.495 e. The van der Waals surface area contributed by atoms with Gasteiger partial charge in [-0.1, -0.05) is 0 Å². The average Bonchev–Trinajstić information content (AvgIpc) is 1.60. The Morgan fingerprint density at radius 3 is 2.67 bits per heavy atom. The normalized spacial score (nSPS) is 28.1. The van der Waals surface area contributed by atoms with Crippen LogP contribution in [0.5, 0.6) is 0 Å². The number of rotatable bonds is 0. The first-order valence-electron chi connectivity index (χ1n) is 2.60. The summed E-state index contributed by atoms with van der Waals surface area (Å²) >= 11 is 0. The second kappa shape index (κ2) is 2.21. The lowest BCUT2D eigenvalue weighted by atomic mass is 10.6. The number of allylic oxidation sites excluding steroid dienone is 1. The quantitative estimate of drug-likeness (QED) is 0.547. The van der Waals surface area contributed by atoms with Crippen molar-refractivity contribution < 1.29 is 13.8 Å². The van der Waals surface area contributed by atoms with Gasteiger partial charge in [-0.3, -0.25) is 9.11 Å². The van der Waals surface area contributed by atoms with E-state index in [1.54, 1.807) is 6.92 Å². The summed E-state index contributed by atoms with van der Waals surface area (Å²) in [5.41, 5.74) is 0. The van der Waals surface area contributed by atoms with Gasteiger partial charge >= 0.3 is 0 Å². The third kappa shape index (κ3) is 1.89. The molecule has 0 unspecified atom stereocenters. The Bertz CT molecular complexity index is 141. The molecule has 0 aliphatic carbocycles. The predicted octanol–water partition coefficient (Wildman–Crippen LogP) is 1.43. The van der Waals surface area contributed by atoms with Crippen LogP contribution in [0.15, 0.2) is 5.76 Å². The molecule has 0 bridgehead atoms. The second-order valence-corrected chi connectivity index (χ2v) is 3.82. The lowest BCUT2D eigenvalue weighted by Gasteiger charge is -2.31. The van der Waals surface area contributed by atoms with Crippen molar-refractivity contribution in [3.8, 4) is 0 Å². The molecule has 1 aliphatic heterocycles. The third-order valence-corrected chi connectivity index (χ3v) is 2.34. The van der Waals surface area contributed by atoms with Crippen molar-refractivity contribution in [2.24, 2.45) is 0 Å². The summed E-state index contributed by atoms with van der Waals surface area (Å²) in [7, 11) is -2.54. The van der Waals surface area contributed by atoms with Gasteiger partial charge in [-0.25, -0.2) is 0 Å². The molecular weight excluding hydrogens is 140 g/mol. The van der Waals surface area contributed by atoms with E-state index in [2.05, 4.69) is 5.41 Å². The van der Waals surface area contributed by atoms with Crippen molar-refractivity contribution in [3.05, 3.63) is 11.2 Å². The molecule has 9 heavy (non-hydrogen) atoms. The van der Waals surface area contributed by atoms with Crippen molar-refractivity contribution in [1.29, 1.82) is 0 Å². The van der Waals surface area contributed by atoms with Gasteiger partial charge < -0.3 is 4.74 Å². The Morgan fingerprint density at radius 2 is 2.33 bits per heavy atom. The van der Waals surface area contributed by atoms with Crippen molar-refractivity contribution in [2.45, 2.75) is 6.92 Å². The van der Waals surface area contributed by atoms with Crippen LogP contribution in [0.3, 0.4) is 0 Å². The molecule has 0 aromatic carbocycles. The molecule has 1 rings (SSSR count). The zero-order valence-electron chi connectivity index (χ0n) is 5.13. The van der Waals surface area contributed by atoms with Crippen LogP contribution in [0.25, 0.3) is 0 Å². The molecule has 1 radical (unpaired) electrons. The highest BCUT2D eigenvalue weighted by atomic mass is 32.3. The molecule has 1 heterocycles. The van der Waals surface area contributed by atoms with E-state index < -0.39 is 10.6 Å². The SMILES string of the molecule is CC1=[C]S(O)(O)CCO1. The maximum Gasteiger partial charge on any atom is 0.122 e. The monoisotopic (exact) mass is 149 g/mol. The number of hydrogen-bond acceptors (Lipinski definition) is 3. The summed E-state index contributed by atoms with van der Waals surface area (Å²) in [4.78, 5) is 0. The second-order valence-electron chi connectivity index (χ2n) is 1.88. The highest BCUT2D eigenvalue weighted by Crippen LogP contribution is 2.42. The summed E-state index contributed by atoms with van der Waals surface area (Å²) in [6, 6.07) is 0. The van der Waals surface area contributed by atoms with Crippen LogP contribution < -0.4 is 0 Å². The van der Waals surface area contributed by atoms with E-state index in [1.807, 2.05) is 0 Å².